The molecule has 5 heteroatoms. The summed E-state index contributed by atoms with van der Waals surface area (Å²) in [6.45, 7) is 5.15. The van der Waals surface area contributed by atoms with Crippen molar-refractivity contribution in [1.29, 1.82) is 0 Å². The van der Waals surface area contributed by atoms with Gasteiger partial charge in [-0.15, -0.1) is 0 Å². The Kier molecular flexibility index (Phi) is 6.02. The first-order chi connectivity index (χ1) is 10.1. The molecule has 0 radical (unpaired) electrons. The number of amides is 1. The maximum Gasteiger partial charge on any atom is 0.236 e. The molecule has 116 valence electrons. The van der Waals surface area contributed by atoms with Crippen LogP contribution >= 0.6 is 0 Å². The Morgan fingerprint density at radius 2 is 2.00 bits per heavy atom. The average Bonchev–Trinajstić information content (AvgIpc) is 2.53. The van der Waals surface area contributed by atoms with Gasteiger partial charge in [-0.3, -0.25) is 4.79 Å². The number of carbonyl (C=O) groups excluding carboxylic acids is 1. The molecule has 1 fully saturated rings. The van der Waals surface area contributed by atoms with Gasteiger partial charge in [-0.1, -0.05) is 12.1 Å². The Hall–Kier alpha value is -1.59. The quantitative estimate of drug-likeness (QED) is 0.826. The van der Waals surface area contributed by atoms with Crippen LogP contribution in [-0.4, -0.2) is 54.8 Å². The molecule has 0 bridgehead atoms. The van der Waals surface area contributed by atoms with Crippen LogP contribution in [0.3, 0.4) is 0 Å². The summed E-state index contributed by atoms with van der Waals surface area (Å²) < 4.78 is 5.24. The number of phenols is 1. The zero-order chi connectivity index (χ0) is 15.1. The van der Waals surface area contributed by atoms with E-state index in [9.17, 15) is 9.90 Å². The van der Waals surface area contributed by atoms with Crippen molar-refractivity contribution in [3.8, 4) is 5.75 Å². The molecule has 1 aliphatic rings. The first-order valence-electron chi connectivity index (χ1n) is 7.52. The lowest BCUT2D eigenvalue weighted by atomic mass is 10.1. The van der Waals surface area contributed by atoms with Crippen molar-refractivity contribution in [3.63, 3.8) is 0 Å². The highest BCUT2D eigenvalue weighted by Crippen LogP contribution is 2.11. The van der Waals surface area contributed by atoms with Crippen LogP contribution in [0.4, 0.5) is 0 Å². The number of hydrogen-bond acceptors (Lipinski definition) is 4. The minimum absolute atomic E-state index is 0.148. The number of aryl methyl sites for hydroxylation is 1. The molecular weight excluding hydrogens is 268 g/mol. The summed E-state index contributed by atoms with van der Waals surface area (Å²) in [6.07, 6.45) is 1.89. The van der Waals surface area contributed by atoms with Crippen LogP contribution < -0.4 is 5.32 Å². The number of hydrogen-bond donors (Lipinski definition) is 2. The van der Waals surface area contributed by atoms with Crippen molar-refractivity contribution in [2.75, 3.05) is 32.8 Å². The van der Waals surface area contributed by atoms with Gasteiger partial charge >= 0.3 is 0 Å². The molecule has 0 aromatic heterocycles. The number of carbonyl (C=O) groups is 1. The van der Waals surface area contributed by atoms with Crippen molar-refractivity contribution >= 4 is 5.91 Å². The molecule has 2 N–H and O–H groups in total. The summed E-state index contributed by atoms with van der Waals surface area (Å²) in [5, 5.41) is 12.5. The predicted molar refractivity (Wildman–Crippen MR) is 81.3 cm³/mol. The van der Waals surface area contributed by atoms with Gasteiger partial charge in [0.05, 0.1) is 19.8 Å². The molecule has 1 saturated heterocycles. The Labute approximate surface area is 125 Å². The Balaban J connectivity index is 1.65. The van der Waals surface area contributed by atoms with Gasteiger partial charge in [0, 0.05) is 19.1 Å². The summed E-state index contributed by atoms with van der Waals surface area (Å²) in [7, 11) is 0. The topological polar surface area (TPSA) is 61.8 Å². The summed E-state index contributed by atoms with van der Waals surface area (Å²) in [6, 6.07) is 7.55. The maximum absolute atomic E-state index is 12.0. The Morgan fingerprint density at radius 1 is 1.33 bits per heavy atom. The van der Waals surface area contributed by atoms with Gasteiger partial charge in [0.15, 0.2) is 0 Å². The number of ether oxygens (including phenoxy) is 1. The van der Waals surface area contributed by atoms with Crippen molar-refractivity contribution in [1.82, 2.24) is 10.2 Å². The highest BCUT2D eigenvalue weighted by Gasteiger charge is 2.16. The number of rotatable bonds is 6. The van der Waals surface area contributed by atoms with Crippen LogP contribution in [-0.2, 0) is 16.0 Å². The minimum atomic E-state index is 0.148. The molecule has 1 amide bonds. The summed E-state index contributed by atoms with van der Waals surface area (Å²) in [5.41, 5.74) is 1.20. The molecule has 21 heavy (non-hydrogen) atoms. The molecule has 1 aliphatic heterocycles. The van der Waals surface area contributed by atoms with Gasteiger partial charge in [0.25, 0.3) is 0 Å². The second-order valence-corrected chi connectivity index (χ2v) is 5.48. The minimum Gasteiger partial charge on any atom is -0.508 e. The van der Waals surface area contributed by atoms with Crippen LogP contribution in [0.1, 0.15) is 18.9 Å². The van der Waals surface area contributed by atoms with Crippen LogP contribution in [0.15, 0.2) is 24.3 Å². The second kappa shape index (κ2) is 8.00. The third-order valence-electron chi connectivity index (χ3n) is 3.77. The van der Waals surface area contributed by atoms with E-state index in [1.807, 2.05) is 17.0 Å². The maximum atomic E-state index is 12.0. The zero-order valence-corrected chi connectivity index (χ0v) is 12.5. The predicted octanol–water partition coefficient (Wildman–Crippen LogP) is 1.16. The third kappa shape index (κ3) is 5.36. The van der Waals surface area contributed by atoms with Gasteiger partial charge in [-0.2, -0.15) is 0 Å². The van der Waals surface area contributed by atoms with E-state index in [-0.39, 0.29) is 11.9 Å². The van der Waals surface area contributed by atoms with Crippen molar-refractivity contribution in [2.24, 2.45) is 0 Å². The molecule has 2 rings (SSSR count). The van der Waals surface area contributed by atoms with E-state index in [1.54, 1.807) is 12.1 Å². The van der Waals surface area contributed by atoms with Crippen LogP contribution in [0.2, 0.25) is 0 Å². The van der Waals surface area contributed by atoms with Crippen molar-refractivity contribution in [3.05, 3.63) is 29.8 Å². The van der Waals surface area contributed by atoms with Gasteiger partial charge in [-0.25, -0.2) is 0 Å². The number of aromatic hydroxyl groups is 1. The summed E-state index contributed by atoms with van der Waals surface area (Å²) in [5.74, 6) is 0.441. The molecule has 1 atom stereocenters. The van der Waals surface area contributed by atoms with Crippen LogP contribution in [0, 0.1) is 0 Å². The van der Waals surface area contributed by atoms with E-state index in [2.05, 4.69) is 12.2 Å². The third-order valence-corrected chi connectivity index (χ3v) is 3.77. The molecule has 0 saturated carbocycles. The SMILES string of the molecule is CC(CCc1ccc(O)cc1)NCC(=O)N1CCOCC1. The highest BCUT2D eigenvalue weighted by atomic mass is 16.5. The fraction of sp³-hybridized carbons (Fsp3) is 0.562. The van der Waals surface area contributed by atoms with E-state index in [4.69, 9.17) is 4.74 Å². The van der Waals surface area contributed by atoms with Gasteiger partial charge < -0.3 is 20.1 Å². The number of nitrogens with one attached hydrogen (secondary N) is 1. The van der Waals surface area contributed by atoms with E-state index in [1.165, 1.54) is 5.56 Å². The van der Waals surface area contributed by atoms with Crippen LogP contribution in [0.5, 0.6) is 5.75 Å². The van der Waals surface area contributed by atoms with Gasteiger partial charge in [-0.05, 0) is 37.5 Å². The molecular formula is C16H24N2O3. The van der Waals surface area contributed by atoms with Gasteiger partial charge in [0.1, 0.15) is 5.75 Å². The molecule has 1 unspecified atom stereocenters. The fourth-order valence-electron chi connectivity index (χ4n) is 2.33. The molecule has 0 spiro atoms. The first kappa shape index (κ1) is 15.8. The standard InChI is InChI=1S/C16H24N2O3/c1-13(2-3-14-4-6-15(19)7-5-14)17-12-16(20)18-8-10-21-11-9-18/h4-7,13,17,19H,2-3,8-12H2,1H3. The van der Waals surface area contributed by atoms with E-state index >= 15 is 0 Å². The Bertz CT molecular complexity index is 441. The van der Waals surface area contributed by atoms with E-state index in [0.29, 0.717) is 38.6 Å². The first-order valence-corrected chi connectivity index (χ1v) is 7.52. The second-order valence-electron chi connectivity index (χ2n) is 5.48. The number of nitrogens with zero attached hydrogens (tertiary/aromatic N) is 1. The lowest BCUT2D eigenvalue weighted by Crippen LogP contribution is -2.46. The smallest absolute Gasteiger partial charge is 0.236 e. The zero-order valence-electron chi connectivity index (χ0n) is 12.5. The largest absolute Gasteiger partial charge is 0.508 e. The van der Waals surface area contributed by atoms with Crippen molar-refractivity contribution in [2.45, 2.75) is 25.8 Å². The number of phenolic OH excluding ortho intramolecular Hbond substituents is 1. The number of morpholine rings is 1. The van der Waals surface area contributed by atoms with E-state index < -0.39 is 0 Å². The lowest BCUT2D eigenvalue weighted by Gasteiger charge is -2.27. The monoisotopic (exact) mass is 292 g/mol. The summed E-state index contributed by atoms with van der Waals surface area (Å²) in [4.78, 5) is 13.8. The normalized spacial score (nSPS) is 16.7. The average molecular weight is 292 g/mol. The molecule has 1 aromatic rings. The fourth-order valence-corrected chi connectivity index (χ4v) is 2.33. The number of benzene rings is 1. The molecule has 0 aliphatic carbocycles. The summed E-state index contributed by atoms with van der Waals surface area (Å²) >= 11 is 0. The molecule has 5 nitrogen and oxygen atoms in total. The molecule has 1 heterocycles. The Morgan fingerprint density at radius 3 is 2.67 bits per heavy atom. The van der Waals surface area contributed by atoms with E-state index in [0.717, 1.165) is 12.8 Å². The van der Waals surface area contributed by atoms with Gasteiger partial charge in [0.2, 0.25) is 5.91 Å². The van der Waals surface area contributed by atoms with Crippen LogP contribution in [0.25, 0.3) is 0 Å². The van der Waals surface area contributed by atoms with Crippen molar-refractivity contribution < 1.29 is 14.6 Å². The molecule has 1 aromatic carbocycles. The highest BCUT2D eigenvalue weighted by molar-refractivity contribution is 5.78. The lowest BCUT2D eigenvalue weighted by molar-refractivity contribution is -0.134.